The molecule has 0 saturated carbocycles. The number of nitrogens with one attached hydrogen (secondary N) is 2. The maximum Gasteiger partial charge on any atom is 0.0192 e. The highest BCUT2D eigenvalue weighted by Gasteiger charge is 2.05. The van der Waals surface area contributed by atoms with Gasteiger partial charge in [-0.05, 0) is 19.5 Å². The number of unbranched alkanes of at least 4 members (excludes halogenated alkanes) is 7. The summed E-state index contributed by atoms with van der Waals surface area (Å²) in [5.74, 6) is 0. The Labute approximate surface area is 115 Å². The van der Waals surface area contributed by atoms with Crippen molar-refractivity contribution in [2.24, 2.45) is 0 Å². The maximum atomic E-state index is 3.57. The molecule has 0 fully saturated rings. The van der Waals surface area contributed by atoms with Gasteiger partial charge >= 0.3 is 0 Å². The fraction of sp³-hybridized carbons (Fsp3) is 1.00. The minimum Gasteiger partial charge on any atom is -0.315 e. The lowest BCUT2D eigenvalue weighted by atomic mass is 10.0. The second kappa shape index (κ2) is 15.0. The van der Waals surface area contributed by atoms with E-state index in [-0.39, 0.29) is 0 Å². The Kier molecular flexibility index (Phi) is 14.9. The first-order valence-electron chi connectivity index (χ1n) is 8.29. The summed E-state index contributed by atoms with van der Waals surface area (Å²) in [6, 6.07) is 0.676. The van der Waals surface area contributed by atoms with Crippen LogP contribution in [0.15, 0.2) is 0 Å². The van der Waals surface area contributed by atoms with E-state index in [1.807, 2.05) is 0 Å². The van der Waals surface area contributed by atoms with Gasteiger partial charge in [-0.15, -0.1) is 0 Å². The molecule has 0 radical (unpaired) electrons. The lowest BCUT2D eigenvalue weighted by Gasteiger charge is -2.18. The van der Waals surface area contributed by atoms with Gasteiger partial charge in [0.2, 0.25) is 0 Å². The Morgan fingerprint density at radius 3 is 1.89 bits per heavy atom. The van der Waals surface area contributed by atoms with Gasteiger partial charge in [-0.25, -0.2) is 0 Å². The summed E-state index contributed by atoms with van der Waals surface area (Å²) in [5.41, 5.74) is 0. The number of hydrogen-bond donors (Lipinski definition) is 2. The molecular weight excluding hydrogens is 220 g/mol. The van der Waals surface area contributed by atoms with Crippen molar-refractivity contribution < 1.29 is 0 Å². The Morgan fingerprint density at radius 1 is 0.722 bits per heavy atom. The summed E-state index contributed by atoms with van der Waals surface area (Å²) in [4.78, 5) is 0. The van der Waals surface area contributed by atoms with Crippen molar-refractivity contribution in [3.8, 4) is 0 Å². The van der Waals surface area contributed by atoms with Crippen LogP contribution in [-0.2, 0) is 0 Å². The molecule has 0 bridgehead atoms. The standard InChI is InChI=1S/C16H36N2/c1-4-7-8-9-10-11-12-13-14-16(18-6-3)15-17-5-2/h16-18H,4-15H2,1-3H3. The lowest BCUT2D eigenvalue weighted by molar-refractivity contribution is 0.439. The van der Waals surface area contributed by atoms with E-state index in [1.165, 1.54) is 57.8 Å². The van der Waals surface area contributed by atoms with Crippen LogP contribution in [0.2, 0.25) is 0 Å². The first-order chi connectivity index (χ1) is 8.85. The topological polar surface area (TPSA) is 24.1 Å². The van der Waals surface area contributed by atoms with Crippen LogP contribution in [0, 0.1) is 0 Å². The van der Waals surface area contributed by atoms with Crippen molar-refractivity contribution in [2.75, 3.05) is 19.6 Å². The molecule has 0 heterocycles. The van der Waals surface area contributed by atoms with Crippen molar-refractivity contribution in [1.29, 1.82) is 0 Å². The molecule has 2 heteroatoms. The second-order valence-corrected chi connectivity index (χ2v) is 5.33. The van der Waals surface area contributed by atoms with Crippen molar-refractivity contribution in [2.45, 2.75) is 84.6 Å². The molecule has 0 aromatic heterocycles. The first-order valence-corrected chi connectivity index (χ1v) is 8.29. The van der Waals surface area contributed by atoms with Gasteiger partial charge in [-0.2, -0.15) is 0 Å². The fourth-order valence-electron chi connectivity index (χ4n) is 2.41. The molecular formula is C16H36N2. The summed E-state index contributed by atoms with van der Waals surface area (Å²) in [7, 11) is 0. The molecule has 0 aliphatic rings. The van der Waals surface area contributed by atoms with Gasteiger partial charge < -0.3 is 10.6 Å². The minimum atomic E-state index is 0.676. The molecule has 1 unspecified atom stereocenters. The minimum absolute atomic E-state index is 0.676. The third-order valence-corrected chi connectivity index (χ3v) is 3.54. The lowest BCUT2D eigenvalue weighted by Crippen LogP contribution is -2.38. The molecule has 18 heavy (non-hydrogen) atoms. The number of hydrogen-bond acceptors (Lipinski definition) is 2. The van der Waals surface area contributed by atoms with E-state index in [0.29, 0.717) is 6.04 Å². The summed E-state index contributed by atoms with van der Waals surface area (Å²) >= 11 is 0. The van der Waals surface area contributed by atoms with Crippen molar-refractivity contribution in [3.63, 3.8) is 0 Å². The first kappa shape index (κ1) is 17.9. The summed E-state index contributed by atoms with van der Waals surface area (Å²) < 4.78 is 0. The second-order valence-electron chi connectivity index (χ2n) is 5.33. The third kappa shape index (κ3) is 12.4. The molecule has 0 aliphatic carbocycles. The van der Waals surface area contributed by atoms with Crippen LogP contribution in [0.3, 0.4) is 0 Å². The molecule has 110 valence electrons. The largest absolute Gasteiger partial charge is 0.315 e. The highest BCUT2D eigenvalue weighted by molar-refractivity contribution is 4.68. The van der Waals surface area contributed by atoms with Crippen LogP contribution in [0.4, 0.5) is 0 Å². The number of likely N-dealkylation sites (N-methyl/N-ethyl adjacent to an activating group) is 2. The molecule has 0 aromatic carbocycles. The van der Waals surface area contributed by atoms with Crippen LogP contribution in [-0.4, -0.2) is 25.7 Å². The molecule has 0 saturated heterocycles. The Hall–Kier alpha value is -0.0800. The van der Waals surface area contributed by atoms with Crippen LogP contribution >= 0.6 is 0 Å². The van der Waals surface area contributed by atoms with E-state index >= 15 is 0 Å². The van der Waals surface area contributed by atoms with E-state index in [2.05, 4.69) is 31.4 Å². The van der Waals surface area contributed by atoms with Crippen molar-refractivity contribution in [3.05, 3.63) is 0 Å². The van der Waals surface area contributed by atoms with Gasteiger partial charge in [0, 0.05) is 12.6 Å². The molecule has 2 nitrogen and oxygen atoms in total. The smallest absolute Gasteiger partial charge is 0.0192 e. The average molecular weight is 256 g/mol. The molecule has 0 aromatic rings. The third-order valence-electron chi connectivity index (χ3n) is 3.54. The van der Waals surface area contributed by atoms with Gasteiger partial charge in [0.25, 0.3) is 0 Å². The molecule has 0 amide bonds. The van der Waals surface area contributed by atoms with E-state index < -0.39 is 0 Å². The summed E-state index contributed by atoms with van der Waals surface area (Å²) in [5, 5.41) is 7.02. The van der Waals surface area contributed by atoms with Gasteiger partial charge in [0.1, 0.15) is 0 Å². The Morgan fingerprint density at radius 2 is 1.33 bits per heavy atom. The quantitative estimate of drug-likeness (QED) is 0.457. The zero-order valence-electron chi connectivity index (χ0n) is 13.1. The van der Waals surface area contributed by atoms with Crippen molar-refractivity contribution in [1.82, 2.24) is 10.6 Å². The highest BCUT2D eigenvalue weighted by atomic mass is 15.0. The monoisotopic (exact) mass is 256 g/mol. The van der Waals surface area contributed by atoms with E-state index in [0.717, 1.165) is 19.6 Å². The van der Waals surface area contributed by atoms with E-state index in [4.69, 9.17) is 0 Å². The SMILES string of the molecule is CCCCCCCCCCC(CNCC)NCC. The molecule has 0 rings (SSSR count). The maximum absolute atomic E-state index is 3.57. The van der Waals surface area contributed by atoms with Crippen LogP contribution in [0.5, 0.6) is 0 Å². The van der Waals surface area contributed by atoms with Crippen LogP contribution in [0.25, 0.3) is 0 Å². The highest BCUT2D eigenvalue weighted by Crippen LogP contribution is 2.10. The number of rotatable bonds is 14. The van der Waals surface area contributed by atoms with Gasteiger partial charge in [0.05, 0.1) is 0 Å². The molecule has 1 atom stereocenters. The van der Waals surface area contributed by atoms with Gasteiger partial charge in [0.15, 0.2) is 0 Å². The summed E-state index contributed by atoms with van der Waals surface area (Å²) in [6.45, 7) is 9.96. The van der Waals surface area contributed by atoms with Crippen LogP contribution < -0.4 is 10.6 Å². The zero-order chi connectivity index (χ0) is 13.5. The van der Waals surface area contributed by atoms with Gasteiger partial charge in [-0.3, -0.25) is 0 Å². The molecule has 0 spiro atoms. The predicted octanol–water partition coefficient (Wildman–Crippen LogP) is 4.10. The molecule has 2 N–H and O–H groups in total. The summed E-state index contributed by atoms with van der Waals surface area (Å²) in [6.07, 6.45) is 12.7. The van der Waals surface area contributed by atoms with Gasteiger partial charge in [-0.1, -0.05) is 72.1 Å². The Balaban J connectivity index is 3.31. The van der Waals surface area contributed by atoms with Crippen molar-refractivity contribution >= 4 is 0 Å². The van der Waals surface area contributed by atoms with E-state index in [9.17, 15) is 0 Å². The zero-order valence-corrected chi connectivity index (χ0v) is 13.1. The predicted molar refractivity (Wildman–Crippen MR) is 83.2 cm³/mol. The Bertz CT molecular complexity index is 148. The molecule has 0 aliphatic heterocycles. The van der Waals surface area contributed by atoms with Crippen LogP contribution in [0.1, 0.15) is 78.6 Å². The van der Waals surface area contributed by atoms with E-state index in [1.54, 1.807) is 0 Å². The fourth-order valence-corrected chi connectivity index (χ4v) is 2.41. The average Bonchev–Trinajstić information content (AvgIpc) is 2.39. The normalized spacial score (nSPS) is 12.8.